The van der Waals surface area contributed by atoms with Gasteiger partial charge in [-0.15, -0.1) is 11.3 Å². The standard InChI is InChI=1S/C30H46N4O3S/c1-7-23(5)28(29(35)33(6)25(21(2)3)13-14-27-31-16-18-38-27)32-26-19-22(4)15-17-34(26)30(36)37-20-24-11-9-8-10-12-24/h8-12,16,18,21-23,25-26,28,32H,7,13-15,17,19-20H2,1-6H3/t22-,23-,25-,26+,28-/m0/s1. The zero-order valence-electron chi connectivity index (χ0n) is 23.9. The molecule has 5 atom stereocenters. The Morgan fingerprint density at radius 2 is 1.97 bits per heavy atom. The highest BCUT2D eigenvalue weighted by Gasteiger charge is 2.37. The number of carbonyl (C=O) groups excluding carboxylic acids is 2. The predicted molar refractivity (Wildman–Crippen MR) is 154 cm³/mol. The molecule has 0 bridgehead atoms. The van der Waals surface area contributed by atoms with Gasteiger partial charge in [0.1, 0.15) is 6.61 Å². The van der Waals surface area contributed by atoms with E-state index in [2.05, 4.69) is 44.9 Å². The number of ether oxygens (including phenoxy) is 1. The molecule has 2 aromatic rings. The van der Waals surface area contributed by atoms with E-state index in [9.17, 15) is 9.59 Å². The lowest BCUT2D eigenvalue weighted by atomic mass is 9.92. The van der Waals surface area contributed by atoms with Crippen molar-refractivity contribution in [1.82, 2.24) is 20.1 Å². The first-order valence-corrected chi connectivity index (χ1v) is 15.0. The monoisotopic (exact) mass is 542 g/mol. The van der Waals surface area contributed by atoms with Crippen LogP contribution in [0.5, 0.6) is 0 Å². The van der Waals surface area contributed by atoms with Crippen molar-refractivity contribution in [1.29, 1.82) is 0 Å². The number of thiazole rings is 1. The number of nitrogens with zero attached hydrogens (tertiary/aromatic N) is 3. The van der Waals surface area contributed by atoms with Crippen molar-refractivity contribution in [2.75, 3.05) is 13.6 Å². The number of hydrogen-bond donors (Lipinski definition) is 1. The zero-order valence-corrected chi connectivity index (χ0v) is 24.7. The molecule has 210 valence electrons. The highest BCUT2D eigenvalue weighted by atomic mass is 32.1. The van der Waals surface area contributed by atoms with Gasteiger partial charge in [-0.3, -0.25) is 15.0 Å². The second-order valence-electron chi connectivity index (χ2n) is 11.1. The molecule has 8 heteroatoms. The highest BCUT2D eigenvalue weighted by Crippen LogP contribution is 2.25. The number of rotatable bonds is 12. The Bertz CT molecular complexity index is 985. The maximum atomic E-state index is 14.0. The number of likely N-dealkylation sites (N-methyl/N-ethyl adjacent to an activating group) is 1. The number of aryl methyl sites for hydroxylation is 1. The third kappa shape index (κ3) is 8.27. The fourth-order valence-corrected chi connectivity index (χ4v) is 5.88. The number of benzene rings is 1. The van der Waals surface area contributed by atoms with E-state index in [1.165, 1.54) is 0 Å². The number of amides is 2. The van der Waals surface area contributed by atoms with Gasteiger partial charge in [-0.25, -0.2) is 9.78 Å². The summed E-state index contributed by atoms with van der Waals surface area (Å²) in [5.74, 6) is 0.989. The molecule has 0 radical (unpaired) electrons. The summed E-state index contributed by atoms with van der Waals surface area (Å²) in [4.78, 5) is 35.3. The van der Waals surface area contributed by atoms with Gasteiger partial charge >= 0.3 is 6.09 Å². The molecule has 1 fully saturated rings. The summed E-state index contributed by atoms with van der Waals surface area (Å²) in [6.07, 6.45) is 5.58. The molecule has 1 aromatic heterocycles. The maximum absolute atomic E-state index is 14.0. The average molecular weight is 543 g/mol. The van der Waals surface area contributed by atoms with Crippen LogP contribution in [0.1, 0.15) is 70.9 Å². The topological polar surface area (TPSA) is 74.8 Å². The van der Waals surface area contributed by atoms with Gasteiger partial charge in [0.25, 0.3) is 0 Å². The lowest BCUT2D eigenvalue weighted by Crippen LogP contribution is -2.61. The molecule has 2 heterocycles. The molecule has 3 rings (SSSR count). The van der Waals surface area contributed by atoms with Gasteiger partial charge in [0, 0.05) is 37.6 Å². The smallest absolute Gasteiger partial charge is 0.411 e. The quantitative estimate of drug-likeness (QED) is 0.358. The SMILES string of the molecule is CC[C@H](C)[C@H](N[C@H]1C[C@@H](C)CCN1C(=O)OCc1ccccc1)C(=O)N(C)[C@@H](CCc1nccs1)C(C)C. The third-order valence-electron chi connectivity index (χ3n) is 7.91. The van der Waals surface area contributed by atoms with Gasteiger partial charge in [0.05, 0.1) is 17.2 Å². The van der Waals surface area contributed by atoms with Crippen molar-refractivity contribution in [3.8, 4) is 0 Å². The van der Waals surface area contributed by atoms with Gasteiger partial charge in [-0.1, -0.05) is 71.4 Å². The molecule has 2 amide bonds. The molecular formula is C30H46N4O3S. The minimum Gasteiger partial charge on any atom is -0.445 e. The van der Waals surface area contributed by atoms with Gasteiger partial charge in [0.2, 0.25) is 5.91 Å². The first kappa shape index (κ1) is 30.1. The van der Waals surface area contributed by atoms with E-state index >= 15 is 0 Å². The molecule has 1 saturated heterocycles. The Kier molecular flexibility index (Phi) is 11.6. The fourth-order valence-electron chi connectivity index (χ4n) is 5.25. The van der Waals surface area contributed by atoms with Gasteiger partial charge in [-0.2, -0.15) is 0 Å². The number of likely N-dealkylation sites (tertiary alicyclic amines) is 1. The van der Waals surface area contributed by atoms with Gasteiger partial charge in [-0.05, 0) is 42.6 Å². The molecule has 7 nitrogen and oxygen atoms in total. The Balaban J connectivity index is 1.72. The average Bonchev–Trinajstić information content (AvgIpc) is 3.43. The van der Waals surface area contributed by atoms with E-state index < -0.39 is 0 Å². The summed E-state index contributed by atoms with van der Waals surface area (Å²) in [6.45, 7) is 11.7. The molecule has 1 aliphatic heterocycles. The van der Waals surface area contributed by atoms with Crippen molar-refractivity contribution in [2.45, 2.75) is 91.6 Å². The summed E-state index contributed by atoms with van der Waals surface area (Å²) < 4.78 is 5.69. The van der Waals surface area contributed by atoms with E-state index in [-0.39, 0.29) is 42.8 Å². The van der Waals surface area contributed by atoms with Crippen LogP contribution in [0.4, 0.5) is 4.79 Å². The van der Waals surface area contributed by atoms with Crippen LogP contribution in [0, 0.1) is 17.8 Å². The van der Waals surface area contributed by atoms with Crippen molar-refractivity contribution >= 4 is 23.3 Å². The van der Waals surface area contributed by atoms with Gasteiger partial charge < -0.3 is 9.64 Å². The largest absolute Gasteiger partial charge is 0.445 e. The van der Waals surface area contributed by atoms with Gasteiger partial charge in [0.15, 0.2) is 0 Å². The number of hydrogen-bond acceptors (Lipinski definition) is 6. The second-order valence-corrected chi connectivity index (χ2v) is 12.1. The van der Waals surface area contributed by atoms with E-state index in [0.717, 1.165) is 42.7 Å². The molecule has 0 spiro atoms. The van der Waals surface area contributed by atoms with Crippen LogP contribution in [0.3, 0.4) is 0 Å². The summed E-state index contributed by atoms with van der Waals surface area (Å²) in [5.41, 5.74) is 0.961. The summed E-state index contributed by atoms with van der Waals surface area (Å²) in [7, 11) is 1.93. The molecule has 1 N–H and O–H groups in total. The molecule has 38 heavy (non-hydrogen) atoms. The van der Waals surface area contributed by atoms with Crippen LogP contribution < -0.4 is 5.32 Å². The second kappa shape index (κ2) is 14.6. The van der Waals surface area contributed by atoms with E-state index in [4.69, 9.17) is 4.74 Å². The summed E-state index contributed by atoms with van der Waals surface area (Å²) >= 11 is 1.66. The van der Waals surface area contributed by atoms with E-state index in [0.29, 0.717) is 18.4 Å². The first-order chi connectivity index (χ1) is 18.2. The van der Waals surface area contributed by atoms with E-state index in [1.807, 2.05) is 53.9 Å². The Morgan fingerprint density at radius 3 is 2.61 bits per heavy atom. The lowest BCUT2D eigenvalue weighted by Gasteiger charge is -2.42. The molecule has 0 saturated carbocycles. The first-order valence-electron chi connectivity index (χ1n) is 14.1. The summed E-state index contributed by atoms with van der Waals surface area (Å²) in [5, 5.41) is 6.74. The predicted octanol–water partition coefficient (Wildman–Crippen LogP) is 5.96. The normalized spacial score (nSPS) is 20.1. The minimum absolute atomic E-state index is 0.0908. The highest BCUT2D eigenvalue weighted by molar-refractivity contribution is 7.09. The molecular weight excluding hydrogens is 496 g/mol. The lowest BCUT2D eigenvalue weighted by molar-refractivity contribution is -0.137. The Labute approximate surface area is 233 Å². The van der Waals surface area contributed by atoms with Crippen LogP contribution in [-0.2, 0) is 22.6 Å². The number of piperidine rings is 1. The fraction of sp³-hybridized carbons (Fsp3) is 0.633. The van der Waals surface area contributed by atoms with Crippen molar-refractivity contribution < 1.29 is 14.3 Å². The van der Waals surface area contributed by atoms with Crippen LogP contribution in [0.15, 0.2) is 41.9 Å². The Morgan fingerprint density at radius 1 is 1.24 bits per heavy atom. The van der Waals surface area contributed by atoms with Crippen LogP contribution >= 0.6 is 11.3 Å². The van der Waals surface area contributed by atoms with Crippen molar-refractivity contribution in [3.63, 3.8) is 0 Å². The molecule has 1 aromatic carbocycles. The zero-order chi connectivity index (χ0) is 27.7. The molecule has 0 unspecified atom stereocenters. The summed E-state index contributed by atoms with van der Waals surface area (Å²) in [6, 6.07) is 9.46. The van der Waals surface area contributed by atoms with Crippen molar-refractivity contribution in [3.05, 3.63) is 52.5 Å². The van der Waals surface area contributed by atoms with Crippen LogP contribution in [0.2, 0.25) is 0 Å². The molecule has 1 aliphatic rings. The van der Waals surface area contributed by atoms with Crippen LogP contribution in [0.25, 0.3) is 0 Å². The third-order valence-corrected chi connectivity index (χ3v) is 8.75. The minimum atomic E-state index is -0.383. The van der Waals surface area contributed by atoms with Crippen molar-refractivity contribution in [2.24, 2.45) is 17.8 Å². The van der Waals surface area contributed by atoms with E-state index in [1.54, 1.807) is 16.2 Å². The number of aromatic nitrogens is 1. The number of nitrogens with one attached hydrogen (secondary N) is 1. The Hall–Kier alpha value is -2.45. The molecule has 0 aliphatic carbocycles. The number of carbonyl (C=O) groups is 2. The van der Waals surface area contributed by atoms with Crippen LogP contribution in [-0.4, -0.2) is 58.6 Å². The maximum Gasteiger partial charge on any atom is 0.411 e.